The summed E-state index contributed by atoms with van der Waals surface area (Å²) in [5.41, 5.74) is 2.44. The molecule has 2 aromatic rings. The number of benzene rings is 1. The summed E-state index contributed by atoms with van der Waals surface area (Å²) in [6.07, 6.45) is 4.27. The van der Waals surface area contributed by atoms with Gasteiger partial charge in [0.25, 0.3) is 0 Å². The van der Waals surface area contributed by atoms with E-state index in [1.807, 2.05) is 18.3 Å². The average Bonchev–Trinajstić information content (AvgIpc) is 3.01. The van der Waals surface area contributed by atoms with Crippen LogP contribution in [0.1, 0.15) is 12.8 Å². The third-order valence-corrected chi connectivity index (χ3v) is 3.54. The SMILES string of the molecule is OCC1(CNc2c[nH]c3ccccc23)CC1. The molecular formula is C13H16N2O. The third kappa shape index (κ3) is 1.57. The minimum absolute atomic E-state index is 0.151. The van der Waals surface area contributed by atoms with Crippen molar-refractivity contribution in [3.8, 4) is 0 Å². The van der Waals surface area contributed by atoms with Crippen LogP contribution in [0.2, 0.25) is 0 Å². The number of nitrogens with one attached hydrogen (secondary N) is 2. The van der Waals surface area contributed by atoms with Crippen LogP contribution in [0.4, 0.5) is 5.69 Å². The van der Waals surface area contributed by atoms with Gasteiger partial charge in [-0.3, -0.25) is 0 Å². The Bertz CT molecular complexity index is 499. The summed E-state index contributed by atoms with van der Waals surface area (Å²) >= 11 is 0. The van der Waals surface area contributed by atoms with Gasteiger partial charge in [0.15, 0.2) is 0 Å². The molecule has 1 saturated carbocycles. The molecule has 0 atom stereocenters. The number of fused-ring (bicyclic) bond motifs is 1. The fourth-order valence-corrected chi connectivity index (χ4v) is 2.07. The Labute approximate surface area is 94.5 Å². The molecule has 0 radical (unpaired) electrons. The number of aliphatic hydroxyl groups is 1. The number of H-pyrrole nitrogens is 1. The van der Waals surface area contributed by atoms with Gasteiger partial charge >= 0.3 is 0 Å². The summed E-state index contributed by atoms with van der Waals surface area (Å²) in [5.74, 6) is 0. The van der Waals surface area contributed by atoms with Gasteiger partial charge < -0.3 is 15.4 Å². The highest BCUT2D eigenvalue weighted by molar-refractivity contribution is 5.92. The molecule has 3 rings (SSSR count). The second-order valence-electron chi connectivity index (χ2n) is 4.76. The zero-order valence-electron chi connectivity index (χ0n) is 9.16. The molecule has 1 aromatic heterocycles. The fraction of sp³-hybridized carbons (Fsp3) is 0.385. The van der Waals surface area contributed by atoms with Crippen LogP contribution < -0.4 is 5.32 Å². The number of anilines is 1. The van der Waals surface area contributed by atoms with Gasteiger partial charge in [-0.15, -0.1) is 0 Å². The van der Waals surface area contributed by atoms with Crippen molar-refractivity contribution < 1.29 is 5.11 Å². The molecule has 1 fully saturated rings. The molecule has 0 bridgehead atoms. The van der Waals surface area contributed by atoms with Crippen LogP contribution in [-0.4, -0.2) is 23.2 Å². The molecule has 3 nitrogen and oxygen atoms in total. The van der Waals surface area contributed by atoms with Crippen LogP contribution in [0.3, 0.4) is 0 Å². The van der Waals surface area contributed by atoms with Crippen molar-refractivity contribution in [2.24, 2.45) is 5.41 Å². The number of para-hydroxylation sites is 1. The van der Waals surface area contributed by atoms with Crippen LogP contribution in [0.15, 0.2) is 30.5 Å². The van der Waals surface area contributed by atoms with Crippen LogP contribution in [0.5, 0.6) is 0 Å². The Morgan fingerprint density at radius 2 is 2.12 bits per heavy atom. The van der Waals surface area contributed by atoms with Gasteiger partial charge in [-0.1, -0.05) is 18.2 Å². The molecule has 16 heavy (non-hydrogen) atoms. The van der Waals surface area contributed by atoms with Crippen LogP contribution in [0.25, 0.3) is 10.9 Å². The van der Waals surface area contributed by atoms with Gasteiger partial charge in [0.1, 0.15) is 0 Å². The number of aromatic amines is 1. The van der Waals surface area contributed by atoms with E-state index < -0.39 is 0 Å². The molecule has 84 valence electrons. The Kier molecular flexibility index (Phi) is 2.14. The predicted molar refractivity (Wildman–Crippen MR) is 65.5 cm³/mol. The first kappa shape index (κ1) is 9.73. The van der Waals surface area contributed by atoms with Crippen LogP contribution >= 0.6 is 0 Å². The van der Waals surface area contributed by atoms with Gasteiger partial charge in [0.2, 0.25) is 0 Å². The molecule has 3 N–H and O–H groups in total. The monoisotopic (exact) mass is 216 g/mol. The van der Waals surface area contributed by atoms with E-state index in [-0.39, 0.29) is 5.41 Å². The lowest BCUT2D eigenvalue weighted by Gasteiger charge is -2.12. The quantitative estimate of drug-likeness (QED) is 0.734. The number of rotatable bonds is 4. The summed E-state index contributed by atoms with van der Waals surface area (Å²) in [7, 11) is 0. The highest BCUT2D eigenvalue weighted by Gasteiger charge is 2.41. The maximum absolute atomic E-state index is 9.25. The molecule has 0 spiro atoms. The molecule has 0 aliphatic heterocycles. The lowest BCUT2D eigenvalue weighted by molar-refractivity contribution is 0.220. The molecule has 0 unspecified atom stereocenters. The first-order valence-electron chi connectivity index (χ1n) is 5.74. The summed E-state index contributed by atoms with van der Waals surface area (Å²) in [6.45, 7) is 1.16. The lowest BCUT2D eigenvalue weighted by atomic mass is 10.1. The Morgan fingerprint density at radius 3 is 2.88 bits per heavy atom. The van der Waals surface area contributed by atoms with Crippen molar-refractivity contribution in [3.05, 3.63) is 30.5 Å². The zero-order chi connectivity index (χ0) is 11.0. The fourth-order valence-electron chi connectivity index (χ4n) is 2.07. The largest absolute Gasteiger partial charge is 0.396 e. The van der Waals surface area contributed by atoms with Crippen molar-refractivity contribution in [3.63, 3.8) is 0 Å². The molecule has 1 heterocycles. The second kappa shape index (κ2) is 3.52. The normalized spacial score (nSPS) is 17.6. The van der Waals surface area contributed by atoms with E-state index in [1.165, 1.54) is 5.39 Å². The average molecular weight is 216 g/mol. The van der Waals surface area contributed by atoms with Crippen molar-refractivity contribution >= 4 is 16.6 Å². The minimum atomic E-state index is 0.151. The first-order valence-corrected chi connectivity index (χ1v) is 5.74. The summed E-state index contributed by atoms with van der Waals surface area (Å²) in [4.78, 5) is 3.24. The van der Waals surface area contributed by atoms with E-state index in [2.05, 4.69) is 22.4 Å². The number of aromatic nitrogens is 1. The summed E-state index contributed by atoms with van der Waals surface area (Å²) < 4.78 is 0. The molecule has 3 heteroatoms. The molecule has 1 aliphatic carbocycles. The molecule has 1 aromatic carbocycles. The van der Waals surface area contributed by atoms with E-state index in [1.54, 1.807) is 0 Å². The standard InChI is InChI=1S/C13H16N2O/c16-9-13(5-6-13)8-15-12-7-14-11-4-2-1-3-10(11)12/h1-4,7,14-16H,5-6,8-9H2. The first-order chi connectivity index (χ1) is 7.83. The van der Waals surface area contributed by atoms with E-state index in [4.69, 9.17) is 0 Å². The lowest BCUT2D eigenvalue weighted by Crippen LogP contribution is -2.18. The molecule has 1 aliphatic rings. The highest BCUT2D eigenvalue weighted by atomic mass is 16.3. The third-order valence-electron chi connectivity index (χ3n) is 3.54. The van der Waals surface area contributed by atoms with Gasteiger partial charge in [-0.05, 0) is 18.9 Å². The Hall–Kier alpha value is -1.48. The van der Waals surface area contributed by atoms with Crippen LogP contribution in [-0.2, 0) is 0 Å². The minimum Gasteiger partial charge on any atom is -0.396 e. The maximum atomic E-state index is 9.25. The topological polar surface area (TPSA) is 48.0 Å². The zero-order valence-corrected chi connectivity index (χ0v) is 9.16. The van der Waals surface area contributed by atoms with E-state index in [0.717, 1.165) is 30.6 Å². The van der Waals surface area contributed by atoms with Gasteiger partial charge in [0, 0.05) is 29.1 Å². The molecule has 0 saturated heterocycles. The number of aliphatic hydroxyl groups excluding tert-OH is 1. The van der Waals surface area contributed by atoms with Crippen molar-refractivity contribution in [1.82, 2.24) is 4.98 Å². The van der Waals surface area contributed by atoms with Gasteiger partial charge in [-0.25, -0.2) is 0 Å². The van der Waals surface area contributed by atoms with Crippen molar-refractivity contribution in [2.75, 3.05) is 18.5 Å². The maximum Gasteiger partial charge on any atom is 0.0598 e. The van der Waals surface area contributed by atoms with E-state index in [9.17, 15) is 5.11 Å². The highest BCUT2D eigenvalue weighted by Crippen LogP contribution is 2.45. The van der Waals surface area contributed by atoms with Gasteiger partial charge in [0.05, 0.1) is 12.3 Å². The van der Waals surface area contributed by atoms with E-state index >= 15 is 0 Å². The second-order valence-corrected chi connectivity index (χ2v) is 4.76. The van der Waals surface area contributed by atoms with Gasteiger partial charge in [-0.2, -0.15) is 0 Å². The molecule has 0 amide bonds. The van der Waals surface area contributed by atoms with E-state index in [0.29, 0.717) is 6.61 Å². The molecular weight excluding hydrogens is 200 g/mol. The van der Waals surface area contributed by atoms with Crippen LogP contribution in [0, 0.1) is 5.41 Å². The van der Waals surface area contributed by atoms with Crippen molar-refractivity contribution in [2.45, 2.75) is 12.8 Å². The summed E-state index contributed by atoms with van der Waals surface area (Å²) in [5, 5.41) is 13.9. The smallest absolute Gasteiger partial charge is 0.0598 e. The predicted octanol–water partition coefficient (Wildman–Crippen LogP) is 2.35. The summed E-state index contributed by atoms with van der Waals surface area (Å²) in [6, 6.07) is 8.24. The number of hydrogen-bond donors (Lipinski definition) is 3. The van der Waals surface area contributed by atoms with Crippen molar-refractivity contribution in [1.29, 1.82) is 0 Å². The number of hydrogen-bond acceptors (Lipinski definition) is 2. The Balaban J connectivity index is 1.79. The Morgan fingerprint density at radius 1 is 1.31 bits per heavy atom.